The van der Waals surface area contributed by atoms with Crippen molar-refractivity contribution in [2.75, 3.05) is 39.3 Å². The first-order valence-corrected chi connectivity index (χ1v) is 22.1. The molecule has 2 amide bonds. The molecular formula is C51H52F3N5O7. The fraction of sp³-hybridized carbons (Fsp3) is 0.314. The van der Waals surface area contributed by atoms with Crippen LogP contribution in [0.25, 0.3) is 10.9 Å². The summed E-state index contributed by atoms with van der Waals surface area (Å²) in [5, 5.41) is 28.0. The van der Waals surface area contributed by atoms with Crippen LogP contribution in [0.2, 0.25) is 0 Å². The van der Waals surface area contributed by atoms with Crippen LogP contribution in [0.1, 0.15) is 75.1 Å². The van der Waals surface area contributed by atoms with Crippen LogP contribution in [0.5, 0.6) is 11.5 Å². The molecule has 5 aromatic carbocycles. The maximum Gasteiger partial charge on any atom is 0.416 e. The van der Waals surface area contributed by atoms with Gasteiger partial charge in [0, 0.05) is 43.2 Å². The molecule has 0 aliphatic carbocycles. The maximum absolute atomic E-state index is 14.0. The third-order valence-corrected chi connectivity index (χ3v) is 12.4. The van der Waals surface area contributed by atoms with Gasteiger partial charge < -0.3 is 40.2 Å². The molecule has 2 unspecified atom stereocenters. The van der Waals surface area contributed by atoms with Crippen LogP contribution in [0.4, 0.5) is 18.0 Å². The number of pyridine rings is 1. The van der Waals surface area contributed by atoms with E-state index in [0.29, 0.717) is 46.7 Å². The van der Waals surface area contributed by atoms with Gasteiger partial charge in [-0.25, -0.2) is 4.79 Å². The molecule has 3 aliphatic rings. The molecule has 1 aromatic heterocycles. The molecule has 3 saturated heterocycles. The van der Waals surface area contributed by atoms with Gasteiger partial charge in [-0.05, 0) is 121 Å². The summed E-state index contributed by atoms with van der Waals surface area (Å²) in [5.74, 6) is 0.532. The van der Waals surface area contributed by atoms with Crippen molar-refractivity contribution >= 4 is 22.9 Å². The fourth-order valence-electron chi connectivity index (χ4n) is 8.78. The highest BCUT2D eigenvalue weighted by Gasteiger charge is 2.37. The zero-order chi connectivity index (χ0) is 46.2. The van der Waals surface area contributed by atoms with Gasteiger partial charge in [-0.1, -0.05) is 72.8 Å². The molecule has 3 fully saturated rings. The van der Waals surface area contributed by atoms with E-state index in [-0.39, 0.29) is 55.1 Å². The zero-order valence-corrected chi connectivity index (χ0v) is 36.2. The smallest absolute Gasteiger partial charge is 0.416 e. The Labute approximate surface area is 380 Å². The summed E-state index contributed by atoms with van der Waals surface area (Å²) in [6.45, 7) is 3.89. The normalized spacial score (nSPS) is 17.8. The summed E-state index contributed by atoms with van der Waals surface area (Å²) < 4.78 is 52.2. The van der Waals surface area contributed by atoms with Crippen LogP contribution in [0, 0.1) is 5.92 Å². The largest absolute Gasteiger partial charge is 0.506 e. The Kier molecular flexibility index (Phi) is 14.4. The standard InChI is InChI=1S/C51H52F3N5O7/c52-51(53,54)39-16-12-33(13-17-39)30-59(25-5-24-55-29-44(61)41-18-20-43(60)48-42(41)19-21-46(62)56-48)49(63)37-14-10-34(11-15-37)32-65-40-9-4-8-38(28-40)47(36-6-2-1-3-7-36)57-50(64)66-45-31-58-26-22-35(45)23-27-58/h1-4,6-21,28,35,44-45,47,55,60-61H,5,22-27,29-32H2,(H,56,62)(H,57,64)/t44?,45?,47-/m0/s1. The predicted molar refractivity (Wildman–Crippen MR) is 243 cm³/mol. The third kappa shape index (κ3) is 11.4. The molecule has 3 atom stereocenters. The number of carbonyl (C=O) groups is 2. The highest BCUT2D eigenvalue weighted by Crippen LogP contribution is 2.32. The van der Waals surface area contributed by atoms with E-state index in [1.807, 2.05) is 54.6 Å². The van der Waals surface area contributed by atoms with Gasteiger partial charge in [0.25, 0.3) is 5.91 Å². The molecule has 0 saturated carbocycles. The Balaban J connectivity index is 0.895. The van der Waals surface area contributed by atoms with E-state index in [0.717, 1.165) is 61.3 Å². The molecule has 15 heteroatoms. The number of aromatic amines is 1. The average Bonchev–Trinajstić information content (AvgIpc) is 3.33. The molecule has 2 bridgehead atoms. The van der Waals surface area contributed by atoms with Crippen LogP contribution in [-0.2, 0) is 24.1 Å². The monoisotopic (exact) mass is 903 g/mol. The Hall–Kier alpha value is -6.68. The number of ether oxygens (including phenoxy) is 2. The van der Waals surface area contributed by atoms with Crippen LogP contribution in [0.3, 0.4) is 0 Å². The maximum atomic E-state index is 14.0. The Morgan fingerprint density at radius 3 is 2.30 bits per heavy atom. The summed E-state index contributed by atoms with van der Waals surface area (Å²) in [7, 11) is 0. The van der Waals surface area contributed by atoms with Gasteiger partial charge >= 0.3 is 12.3 Å². The summed E-state index contributed by atoms with van der Waals surface area (Å²) >= 11 is 0. The van der Waals surface area contributed by atoms with Gasteiger partial charge in [-0.15, -0.1) is 0 Å². The van der Waals surface area contributed by atoms with Crippen LogP contribution in [0.15, 0.2) is 132 Å². The van der Waals surface area contributed by atoms with Gasteiger partial charge in [0.1, 0.15) is 24.2 Å². The number of rotatable bonds is 17. The summed E-state index contributed by atoms with van der Waals surface area (Å²) in [6, 6.07) is 34.3. The van der Waals surface area contributed by atoms with Crippen molar-refractivity contribution in [3.8, 4) is 11.5 Å². The molecule has 12 nitrogen and oxygen atoms in total. The number of aliphatic hydroxyl groups excluding tert-OH is 1. The topological polar surface area (TPSA) is 156 Å². The molecule has 3 aliphatic heterocycles. The molecular weight excluding hydrogens is 852 g/mol. The van der Waals surface area contributed by atoms with Gasteiger partial charge in [0.15, 0.2) is 0 Å². The van der Waals surface area contributed by atoms with Gasteiger partial charge in [0.05, 0.1) is 23.2 Å². The zero-order valence-electron chi connectivity index (χ0n) is 36.2. The molecule has 5 N–H and O–H groups in total. The second-order valence-electron chi connectivity index (χ2n) is 16.9. The third-order valence-electron chi connectivity index (χ3n) is 12.4. The minimum absolute atomic E-state index is 0.0642. The lowest BCUT2D eigenvalue weighted by molar-refractivity contribution is -0.137. The molecule has 4 heterocycles. The minimum Gasteiger partial charge on any atom is -0.506 e. The first kappa shape index (κ1) is 45.9. The number of nitrogens with one attached hydrogen (secondary N) is 3. The van der Waals surface area contributed by atoms with E-state index >= 15 is 0 Å². The van der Waals surface area contributed by atoms with E-state index in [4.69, 9.17) is 9.47 Å². The van der Waals surface area contributed by atoms with Crippen molar-refractivity contribution in [2.24, 2.45) is 5.92 Å². The van der Waals surface area contributed by atoms with E-state index in [1.165, 1.54) is 30.3 Å². The number of halogens is 3. The number of alkyl halides is 3. The SMILES string of the molecule is O=C(N[C@@H](c1ccccc1)c1cccc(OCc2ccc(C(=O)N(CCCNCC(O)c3ccc(O)c4[nH]c(=O)ccc34)Cc3ccc(C(F)(F)F)cc3)cc2)c1)OC1CN2CCC1CC2. The highest BCUT2D eigenvalue weighted by atomic mass is 19.4. The first-order valence-electron chi connectivity index (χ1n) is 22.1. The van der Waals surface area contributed by atoms with Crippen molar-refractivity contribution in [1.29, 1.82) is 0 Å². The quantitative estimate of drug-likeness (QED) is 0.0571. The van der Waals surface area contributed by atoms with E-state index in [1.54, 1.807) is 35.2 Å². The molecule has 9 rings (SSSR count). The van der Waals surface area contributed by atoms with Gasteiger partial charge in [-0.2, -0.15) is 13.2 Å². The molecule has 0 spiro atoms. The number of nitrogens with zero attached hydrogens (tertiary/aromatic N) is 2. The number of aliphatic hydroxyl groups is 1. The Bertz CT molecular complexity index is 2650. The van der Waals surface area contributed by atoms with E-state index in [2.05, 4.69) is 20.5 Å². The van der Waals surface area contributed by atoms with Crippen LogP contribution >= 0.6 is 0 Å². The fourth-order valence-corrected chi connectivity index (χ4v) is 8.78. The number of amides is 2. The van der Waals surface area contributed by atoms with Crippen molar-refractivity contribution in [3.63, 3.8) is 0 Å². The second kappa shape index (κ2) is 20.7. The van der Waals surface area contributed by atoms with Crippen molar-refractivity contribution in [2.45, 2.75) is 56.8 Å². The summed E-state index contributed by atoms with van der Waals surface area (Å²) in [4.78, 5) is 45.6. The number of aromatic hydroxyl groups is 1. The molecule has 0 radical (unpaired) electrons. The number of aromatic nitrogens is 1. The van der Waals surface area contributed by atoms with Crippen molar-refractivity contribution in [1.82, 2.24) is 25.4 Å². The summed E-state index contributed by atoms with van der Waals surface area (Å²) in [5.41, 5.74) is 2.98. The molecule has 344 valence electrons. The number of H-pyrrole nitrogens is 1. The van der Waals surface area contributed by atoms with E-state index in [9.17, 15) is 37.8 Å². The number of carbonyl (C=O) groups excluding carboxylic acids is 2. The Morgan fingerprint density at radius 1 is 0.864 bits per heavy atom. The van der Waals surface area contributed by atoms with Crippen molar-refractivity contribution in [3.05, 3.63) is 177 Å². The Morgan fingerprint density at radius 2 is 1.59 bits per heavy atom. The minimum atomic E-state index is -4.49. The highest BCUT2D eigenvalue weighted by molar-refractivity contribution is 5.94. The number of phenolic OH excluding ortho intramolecular Hbond substituents is 1. The lowest BCUT2D eigenvalue weighted by Crippen LogP contribution is -2.52. The van der Waals surface area contributed by atoms with E-state index < -0.39 is 30.0 Å². The van der Waals surface area contributed by atoms with Gasteiger partial charge in [0.2, 0.25) is 5.56 Å². The number of hydrogen-bond donors (Lipinski definition) is 5. The number of phenols is 1. The number of hydrogen-bond acceptors (Lipinski definition) is 9. The second-order valence-corrected chi connectivity index (χ2v) is 16.9. The number of benzene rings is 5. The number of piperidine rings is 3. The summed E-state index contributed by atoms with van der Waals surface area (Å²) in [6.07, 6.45) is -3.55. The van der Waals surface area contributed by atoms with Crippen LogP contribution < -0.4 is 20.9 Å². The average molecular weight is 904 g/mol. The molecule has 66 heavy (non-hydrogen) atoms. The predicted octanol–water partition coefficient (Wildman–Crippen LogP) is 8.10. The van der Waals surface area contributed by atoms with Crippen LogP contribution in [-0.4, -0.2) is 82.4 Å². The van der Waals surface area contributed by atoms with Crippen molar-refractivity contribution < 1.29 is 42.4 Å². The lowest BCUT2D eigenvalue weighted by Gasteiger charge is -2.43. The number of fused-ring (bicyclic) bond motifs is 4. The molecule has 6 aromatic rings. The first-order chi connectivity index (χ1) is 31.9. The number of alkyl carbamates (subject to hydrolysis) is 1. The van der Waals surface area contributed by atoms with Gasteiger partial charge in [-0.3, -0.25) is 14.5 Å². The lowest BCUT2D eigenvalue weighted by atomic mass is 9.86.